The number of esters is 1. The molecule has 3 N–H and O–H groups in total. The molecule has 0 saturated carbocycles. The summed E-state index contributed by atoms with van der Waals surface area (Å²) in [5, 5.41) is 7.40. The number of para-hydroxylation sites is 1. The number of carbonyl (C=O) groups is 3. The fraction of sp³-hybridized carbons (Fsp3) is 0.0345. The lowest BCUT2D eigenvalue weighted by Gasteiger charge is -2.13. The molecule has 2 aromatic heterocycles. The first kappa shape index (κ1) is 24.9. The van der Waals surface area contributed by atoms with Gasteiger partial charge in [-0.05, 0) is 64.0 Å². The second-order valence-corrected chi connectivity index (χ2v) is 9.19. The summed E-state index contributed by atoms with van der Waals surface area (Å²) in [4.78, 5) is 45.4. The van der Waals surface area contributed by atoms with Gasteiger partial charge in [0.1, 0.15) is 0 Å². The number of ether oxygens (including phenoxy) is 1. The Kier molecular flexibility index (Phi) is 7.01. The second-order valence-electron chi connectivity index (χ2n) is 8.34. The third-order valence-corrected chi connectivity index (χ3v) is 6.55. The number of nitrogens with one attached hydrogen (secondary N) is 3. The summed E-state index contributed by atoms with van der Waals surface area (Å²) in [6.07, 6.45) is 2.89. The number of rotatable bonds is 7. The van der Waals surface area contributed by atoms with E-state index < -0.39 is 11.9 Å². The van der Waals surface area contributed by atoms with E-state index in [-0.39, 0.29) is 23.0 Å². The van der Waals surface area contributed by atoms with Crippen molar-refractivity contribution in [3.63, 3.8) is 0 Å². The molecule has 0 atom stereocenters. The lowest BCUT2D eigenvalue weighted by Crippen LogP contribution is -2.23. The van der Waals surface area contributed by atoms with Gasteiger partial charge in [0.2, 0.25) is 0 Å². The highest BCUT2D eigenvalue weighted by atomic mass is 79.9. The second kappa shape index (κ2) is 10.7. The zero-order chi connectivity index (χ0) is 26.6. The van der Waals surface area contributed by atoms with E-state index in [1.54, 1.807) is 24.3 Å². The van der Waals surface area contributed by atoms with E-state index in [0.29, 0.717) is 22.1 Å². The molecule has 0 unspecified atom stereocenters. The molecule has 5 rings (SSSR count). The van der Waals surface area contributed by atoms with E-state index in [1.807, 2.05) is 48.7 Å². The van der Waals surface area contributed by atoms with Crippen molar-refractivity contribution in [1.29, 1.82) is 0 Å². The molecule has 0 aliphatic heterocycles. The molecule has 0 aliphatic carbocycles. The first-order chi connectivity index (χ1) is 18.4. The lowest BCUT2D eigenvalue weighted by atomic mass is 10.1. The van der Waals surface area contributed by atoms with E-state index in [1.165, 1.54) is 6.07 Å². The predicted molar refractivity (Wildman–Crippen MR) is 149 cm³/mol. The van der Waals surface area contributed by atoms with Gasteiger partial charge in [-0.1, -0.05) is 36.9 Å². The number of hydrogen-bond donors (Lipinski definition) is 3. The van der Waals surface area contributed by atoms with E-state index in [2.05, 4.69) is 43.1 Å². The monoisotopic (exact) mass is 568 g/mol. The minimum atomic E-state index is -0.679. The van der Waals surface area contributed by atoms with Gasteiger partial charge < -0.3 is 20.4 Å². The molecule has 0 saturated heterocycles. The molecule has 8 nitrogen and oxygen atoms in total. The minimum absolute atomic E-state index is 0.0801. The van der Waals surface area contributed by atoms with Crippen LogP contribution in [-0.4, -0.2) is 27.8 Å². The summed E-state index contributed by atoms with van der Waals surface area (Å²) in [5.74, 6) is -1.29. The topological polar surface area (TPSA) is 113 Å². The summed E-state index contributed by atoms with van der Waals surface area (Å²) in [5.41, 5.74) is 3.26. The highest BCUT2D eigenvalue weighted by molar-refractivity contribution is 9.10. The van der Waals surface area contributed by atoms with Crippen LogP contribution in [0.1, 0.15) is 26.3 Å². The first-order valence-corrected chi connectivity index (χ1v) is 12.4. The number of fused-ring (bicyclic) bond motifs is 2. The molecule has 5 aromatic rings. The molecule has 188 valence electrons. The van der Waals surface area contributed by atoms with Crippen LogP contribution in [0.25, 0.3) is 21.8 Å². The number of halogens is 1. The van der Waals surface area contributed by atoms with E-state index >= 15 is 0 Å². The standard InChI is InChI=1S/C29H21BrN4O4/c1-2-26(35)38-25-15-17-6-3-4-8-23(17)33-27(25)34-29(37)21-11-10-18(14-22(21)30)28(36)32-16-19-7-5-9-24-20(19)12-13-31-24/h2-15,31H,1,16H2,(H,32,36)(H,33,34,37). The quantitative estimate of drug-likeness (QED) is 0.171. The van der Waals surface area contributed by atoms with Gasteiger partial charge in [-0.25, -0.2) is 9.78 Å². The molecule has 3 aromatic carbocycles. The highest BCUT2D eigenvalue weighted by Crippen LogP contribution is 2.29. The maximum absolute atomic E-state index is 13.1. The van der Waals surface area contributed by atoms with Crippen LogP contribution < -0.4 is 15.4 Å². The number of aromatic amines is 1. The van der Waals surface area contributed by atoms with Crippen molar-refractivity contribution < 1.29 is 19.1 Å². The number of amides is 2. The maximum Gasteiger partial charge on any atom is 0.335 e. The SMILES string of the molecule is C=CC(=O)Oc1cc2ccccc2nc1NC(=O)c1ccc(C(=O)NCc2cccc3[nH]ccc23)cc1Br. The van der Waals surface area contributed by atoms with Crippen LogP contribution >= 0.6 is 15.9 Å². The first-order valence-electron chi connectivity index (χ1n) is 11.6. The number of nitrogens with zero attached hydrogens (tertiary/aromatic N) is 1. The third kappa shape index (κ3) is 5.18. The number of benzene rings is 3. The Labute approximate surface area is 225 Å². The van der Waals surface area contributed by atoms with Crippen molar-refractivity contribution in [2.75, 3.05) is 5.32 Å². The van der Waals surface area contributed by atoms with Crippen LogP contribution in [0, 0.1) is 0 Å². The van der Waals surface area contributed by atoms with Crippen LogP contribution in [0.2, 0.25) is 0 Å². The molecule has 0 fully saturated rings. The van der Waals surface area contributed by atoms with Crippen molar-refractivity contribution >= 4 is 61.3 Å². The van der Waals surface area contributed by atoms with Crippen molar-refractivity contribution in [2.24, 2.45) is 0 Å². The molecular weight excluding hydrogens is 548 g/mol. The number of H-pyrrole nitrogens is 1. The van der Waals surface area contributed by atoms with Crippen molar-refractivity contribution in [1.82, 2.24) is 15.3 Å². The molecule has 2 heterocycles. The normalized spacial score (nSPS) is 10.8. The summed E-state index contributed by atoms with van der Waals surface area (Å²) < 4.78 is 5.72. The minimum Gasteiger partial charge on any atom is -0.419 e. The van der Waals surface area contributed by atoms with Crippen molar-refractivity contribution in [2.45, 2.75) is 6.54 Å². The largest absolute Gasteiger partial charge is 0.419 e. The molecule has 0 bridgehead atoms. The number of carbonyl (C=O) groups excluding carboxylic acids is 3. The third-order valence-electron chi connectivity index (χ3n) is 5.90. The van der Waals surface area contributed by atoms with Crippen LogP contribution in [0.5, 0.6) is 5.75 Å². The zero-order valence-corrected chi connectivity index (χ0v) is 21.5. The van der Waals surface area contributed by atoms with Gasteiger partial charge in [0, 0.05) is 45.1 Å². The van der Waals surface area contributed by atoms with E-state index in [4.69, 9.17) is 4.74 Å². The van der Waals surface area contributed by atoms with Crippen LogP contribution in [0.3, 0.4) is 0 Å². The molecule has 0 spiro atoms. The molecule has 2 amide bonds. The predicted octanol–water partition coefficient (Wildman–Crippen LogP) is 5.75. The van der Waals surface area contributed by atoms with Gasteiger partial charge in [-0.2, -0.15) is 0 Å². The fourth-order valence-corrected chi connectivity index (χ4v) is 4.57. The molecule has 38 heavy (non-hydrogen) atoms. The number of aromatic nitrogens is 2. The van der Waals surface area contributed by atoms with Gasteiger partial charge in [-0.15, -0.1) is 0 Å². The van der Waals surface area contributed by atoms with Crippen LogP contribution in [0.15, 0.2) is 96.1 Å². The zero-order valence-electron chi connectivity index (χ0n) is 20.0. The Morgan fingerprint density at radius 3 is 2.66 bits per heavy atom. The smallest absolute Gasteiger partial charge is 0.335 e. The van der Waals surface area contributed by atoms with Crippen molar-refractivity contribution in [3.8, 4) is 5.75 Å². The van der Waals surface area contributed by atoms with Crippen LogP contribution in [0.4, 0.5) is 5.82 Å². The molecule has 0 aliphatic rings. The van der Waals surface area contributed by atoms with Crippen molar-refractivity contribution in [3.05, 3.63) is 113 Å². The van der Waals surface area contributed by atoms with E-state index in [9.17, 15) is 14.4 Å². The number of pyridine rings is 1. The Balaban J connectivity index is 1.33. The Hall–Kier alpha value is -4.76. The summed E-state index contributed by atoms with van der Waals surface area (Å²) in [7, 11) is 0. The Morgan fingerprint density at radius 2 is 1.84 bits per heavy atom. The lowest BCUT2D eigenvalue weighted by molar-refractivity contribution is -0.128. The maximum atomic E-state index is 13.1. The fourth-order valence-electron chi connectivity index (χ4n) is 4.01. The molecule has 9 heteroatoms. The number of anilines is 1. The average Bonchev–Trinajstić information content (AvgIpc) is 3.41. The summed E-state index contributed by atoms with van der Waals surface area (Å²) in [6.45, 7) is 3.76. The summed E-state index contributed by atoms with van der Waals surface area (Å²) in [6, 6.07) is 21.4. The molecular formula is C29H21BrN4O4. The number of hydrogen-bond acceptors (Lipinski definition) is 5. The van der Waals surface area contributed by atoms with Gasteiger partial charge in [-0.3, -0.25) is 9.59 Å². The van der Waals surface area contributed by atoms with E-state index in [0.717, 1.165) is 27.9 Å². The average molecular weight is 569 g/mol. The summed E-state index contributed by atoms with van der Waals surface area (Å²) >= 11 is 3.40. The Bertz CT molecular complexity index is 1730. The van der Waals surface area contributed by atoms with Crippen LogP contribution in [-0.2, 0) is 11.3 Å². The van der Waals surface area contributed by atoms with Gasteiger partial charge in [0.25, 0.3) is 11.8 Å². The van der Waals surface area contributed by atoms with Gasteiger partial charge in [0.05, 0.1) is 11.1 Å². The van der Waals surface area contributed by atoms with Gasteiger partial charge >= 0.3 is 5.97 Å². The molecule has 0 radical (unpaired) electrons. The Morgan fingerprint density at radius 1 is 1.00 bits per heavy atom. The van der Waals surface area contributed by atoms with Gasteiger partial charge in [0.15, 0.2) is 11.6 Å². The highest BCUT2D eigenvalue weighted by Gasteiger charge is 2.18.